The minimum atomic E-state index is -1.31. The van der Waals surface area contributed by atoms with Crippen LogP contribution in [0, 0.1) is 5.82 Å². The van der Waals surface area contributed by atoms with Crippen LogP contribution >= 0.6 is 11.3 Å². The molecule has 110 valence electrons. The summed E-state index contributed by atoms with van der Waals surface area (Å²) >= 11 is 1.50. The summed E-state index contributed by atoms with van der Waals surface area (Å²) in [7, 11) is 0. The Morgan fingerprint density at radius 2 is 2.10 bits per heavy atom. The van der Waals surface area contributed by atoms with Crippen molar-refractivity contribution in [2.24, 2.45) is 0 Å². The van der Waals surface area contributed by atoms with Gasteiger partial charge in [0.15, 0.2) is 0 Å². The number of halogens is 1. The Balaban J connectivity index is 2.08. The molecule has 1 unspecified atom stereocenters. The largest absolute Gasteiger partial charge is 0.478 e. The second kappa shape index (κ2) is 6.36. The standard InChI is InChI=1S/C14H13FN2O3S/c1-8(12-3-2-6-21-12)16-14(20)17-11-5-4-9(15)7-10(11)13(18)19/h2-8H,1H3,(H,18,19)(H2,16,17,20). The fourth-order valence-corrected chi connectivity index (χ4v) is 2.50. The molecule has 3 N–H and O–H groups in total. The van der Waals surface area contributed by atoms with E-state index in [2.05, 4.69) is 10.6 Å². The molecular formula is C14H13FN2O3S. The highest BCUT2D eigenvalue weighted by Crippen LogP contribution is 2.20. The third-order valence-corrected chi connectivity index (χ3v) is 3.83. The summed E-state index contributed by atoms with van der Waals surface area (Å²) in [6.45, 7) is 1.81. The highest BCUT2D eigenvalue weighted by molar-refractivity contribution is 7.10. The molecule has 1 aromatic carbocycles. The summed E-state index contributed by atoms with van der Waals surface area (Å²) in [4.78, 5) is 23.9. The van der Waals surface area contributed by atoms with Crippen LogP contribution in [0.5, 0.6) is 0 Å². The first-order valence-electron chi connectivity index (χ1n) is 6.11. The van der Waals surface area contributed by atoms with E-state index in [-0.39, 0.29) is 17.3 Å². The molecular weight excluding hydrogens is 295 g/mol. The van der Waals surface area contributed by atoms with Gasteiger partial charge in [0.1, 0.15) is 5.82 Å². The molecule has 0 radical (unpaired) electrons. The Morgan fingerprint density at radius 3 is 2.71 bits per heavy atom. The molecule has 0 aliphatic carbocycles. The number of carbonyl (C=O) groups is 2. The van der Waals surface area contributed by atoms with Gasteiger partial charge < -0.3 is 15.7 Å². The minimum absolute atomic E-state index is 0.0415. The van der Waals surface area contributed by atoms with Crippen molar-refractivity contribution in [3.63, 3.8) is 0 Å². The number of benzene rings is 1. The molecule has 0 fully saturated rings. The zero-order valence-corrected chi connectivity index (χ0v) is 11.9. The van der Waals surface area contributed by atoms with Crippen molar-refractivity contribution in [2.45, 2.75) is 13.0 Å². The fraction of sp³-hybridized carbons (Fsp3) is 0.143. The van der Waals surface area contributed by atoms with Crippen molar-refractivity contribution >= 4 is 29.0 Å². The Bertz CT molecular complexity index is 658. The molecule has 1 heterocycles. The lowest BCUT2D eigenvalue weighted by molar-refractivity contribution is 0.0697. The van der Waals surface area contributed by atoms with Gasteiger partial charge in [0.25, 0.3) is 0 Å². The zero-order valence-electron chi connectivity index (χ0n) is 11.1. The molecule has 0 saturated carbocycles. The number of hydrogen-bond donors (Lipinski definition) is 3. The van der Waals surface area contributed by atoms with E-state index in [1.807, 2.05) is 24.4 Å². The van der Waals surface area contributed by atoms with Gasteiger partial charge in [-0.2, -0.15) is 0 Å². The molecule has 1 aromatic heterocycles. The highest BCUT2D eigenvalue weighted by atomic mass is 32.1. The monoisotopic (exact) mass is 308 g/mol. The third-order valence-electron chi connectivity index (χ3n) is 2.78. The smallest absolute Gasteiger partial charge is 0.337 e. The summed E-state index contributed by atoms with van der Waals surface area (Å²) in [5.74, 6) is -1.98. The molecule has 2 rings (SSSR count). The summed E-state index contributed by atoms with van der Waals surface area (Å²) in [5, 5.41) is 16.0. The summed E-state index contributed by atoms with van der Waals surface area (Å²) in [5.41, 5.74) is -0.256. The van der Waals surface area contributed by atoms with Crippen LogP contribution in [0.15, 0.2) is 35.7 Å². The lowest BCUT2D eigenvalue weighted by Crippen LogP contribution is -2.31. The van der Waals surface area contributed by atoms with Gasteiger partial charge in [-0.25, -0.2) is 14.0 Å². The maximum Gasteiger partial charge on any atom is 0.337 e. The molecule has 5 nitrogen and oxygen atoms in total. The minimum Gasteiger partial charge on any atom is -0.478 e. The lowest BCUT2D eigenvalue weighted by Gasteiger charge is -2.14. The average molecular weight is 308 g/mol. The number of urea groups is 1. The van der Waals surface area contributed by atoms with Gasteiger partial charge in [-0.05, 0) is 36.6 Å². The van der Waals surface area contributed by atoms with Crippen LogP contribution < -0.4 is 10.6 Å². The van der Waals surface area contributed by atoms with Crippen molar-refractivity contribution < 1.29 is 19.1 Å². The number of hydrogen-bond acceptors (Lipinski definition) is 3. The number of nitrogens with one attached hydrogen (secondary N) is 2. The van der Waals surface area contributed by atoms with Crippen molar-refractivity contribution in [1.29, 1.82) is 0 Å². The molecule has 0 spiro atoms. The van der Waals surface area contributed by atoms with Crippen LogP contribution in [0.2, 0.25) is 0 Å². The lowest BCUT2D eigenvalue weighted by atomic mass is 10.1. The summed E-state index contributed by atoms with van der Waals surface area (Å²) in [6.07, 6.45) is 0. The van der Waals surface area contributed by atoms with Crippen LogP contribution in [0.1, 0.15) is 28.2 Å². The highest BCUT2D eigenvalue weighted by Gasteiger charge is 2.15. The van der Waals surface area contributed by atoms with Crippen LogP contribution in [-0.2, 0) is 0 Å². The fourth-order valence-electron chi connectivity index (χ4n) is 1.77. The molecule has 7 heteroatoms. The van der Waals surface area contributed by atoms with E-state index in [4.69, 9.17) is 5.11 Å². The molecule has 2 aromatic rings. The number of carboxylic acid groups (broad SMARTS) is 1. The number of aromatic carboxylic acids is 1. The van der Waals surface area contributed by atoms with Gasteiger partial charge in [0.2, 0.25) is 0 Å². The number of carboxylic acids is 1. The molecule has 0 saturated heterocycles. The first-order valence-corrected chi connectivity index (χ1v) is 6.99. The Hall–Kier alpha value is -2.41. The second-order valence-corrected chi connectivity index (χ2v) is 5.31. The number of amides is 2. The molecule has 0 aliphatic rings. The van der Waals surface area contributed by atoms with E-state index in [9.17, 15) is 14.0 Å². The summed E-state index contributed by atoms with van der Waals surface area (Å²) in [6, 6.07) is 6.16. The van der Waals surface area contributed by atoms with E-state index in [1.165, 1.54) is 17.4 Å². The maximum absolute atomic E-state index is 13.1. The number of carbonyl (C=O) groups excluding carboxylic acids is 1. The predicted octanol–water partition coefficient (Wildman–Crippen LogP) is 3.47. The van der Waals surface area contributed by atoms with Crippen molar-refractivity contribution in [1.82, 2.24) is 5.32 Å². The van der Waals surface area contributed by atoms with E-state index in [0.29, 0.717) is 0 Å². The topological polar surface area (TPSA) is 78.4 Å². The van der Waals surface area contributed by atoms with Crippen LogP contribution in [0.3, 0.4) is 0 Å². The molecule has 2 amide bonds. The van der Waals surface area contributed by atoms with Gasteiger partial charge in [0, 0.05) is 4.88 Å². The number of anilines is 1. The zero-order chi connectivity index (χ0) is 15.4. The molecule has 0 bridgehead atoms. The van der Waals surface area contributed by atoms with Gasteiger partial charge in [-0.3, -0.25) is 0 Å². The van der Waals surface area contributed by atoms with E-state index >= 15 is 0 Å². The summed E-state index contributed by atoms with van der Waals surface area (Å²) < 4.78 is 13.1. The first-order chi connectivity index (χ1) is 9.97. The molecule has 1 atom stereocenters. The number of rotatable bonds is 4. The molecule has 21 heavy (non-hydrogen) atoms. The number of thiophene rings is 1. The predicted molar refractivity (Wildman–Crippen MR) is 78.2 cm³/mol. The maximum atomic E-state index is 13.1. The second-order valence-electron chi connectivity index (χ2n) is 4.33. The van der Waals surface area contributed by atoms with Gasteiger partial charge in [-0.1, -0.05) is 6.07 Å². The van der Waals surface area contributed by atoms with Crippen molar-refractivity contribution in [2.75, 3.05) is 5.32 Å². The van der Waals surface area contributed by atoms with Crippen molar-refractivity contribution in [3.05, 3.63) is 52.0 Å². The van der Waals surface area contributed by atoms with Crippen LogP contribution in [0.4, 0.5) is 14.9 Å². The van der Waals surface area contributed by atoms with Crippen LogP contribution in [-0.4, -0.2) is 17.1 Å². The quantitative estimate of drug-likeness (QED) is 0.809. The van der Waals surface area contributed by atoms with Gasteiger partial charge >= 0.3 is 12.0 Å². The Labute approximate surface area is 124 Å². The first kappa shape index (κ1) is 15.0. The van der Waals surface area contributed by atoms with E-state index in [1.54, 1.807) is 0 Å². The normalized spacial score (nSPS) is 11.7. The Kier molecular flexibility index (Phi) is 4.54. The third kappa shape index (κ3) is 3.79. The average Bonchev–Trinajstić information content (AvgIpc) is 2.94. The molecule has 0 aliphatic heterocycles. The Morgan fingerprint density at radius 1 is 1.33 bits per heavy atom. The van der Waals surface area contributed by atoms with E-state index in [0.717, 1.165) is 17.0 Å². The van der Waals surface area contributed by atoms with Crippen LogP contribution in [0.25, 0.3) is 0 Å². The van der Waals surface area contributed by atoms with Crippen molar-refractivity contribution in [3.8, 4) is 0 Å². The van der Waals surface area contributed by atoms with Gasteiger partial charge in [-0.15, -0.1) is 11.3 Å². The van der Waals surface area contributed by atoms with Gasteiger partial charge in [0.05, 0.1) is 17.3 Å². The SMILES string of the molecule is CC(NC(=O)Nc1ccc(F)cc1C(=O)O)c1cccs1. The van der Waals surface area contributed by atoms with E-state index < -0.39 is 17.8 Å².